The van der Waals surface area contributed by atoms with Gasteiger partial charge in [0.2, 0.25) is 0 Å². The average molecular weight is 297 g/mol. The zero-order valence-electron chi connectivity index (χ0n) is 12.0. The molecule has 6 heteroatoms. The highest BCUT2D eigenvalue weighted by molar-refractivity contribution is 7.11. The van der Waals surface area contributed by atoms with E-state index in [4.69, 9.17) is 0 Å². The molecular formula is C14H23N3O2S. The lowest BCUT2D eigenvalue weighted by Gasteiger charge is -2.31. The normalized spacial score (nSPS) is 19.1. The van der Waals surface area contributed by atoms with E-state index in [0.717, 1.165) is 37.2 Å². The molecule has 5 nitrogen and oxygen atoms in total. The summed E-state index contributed by atoms with van der Waals surface area (Å²) in [5.74, 6) is 0.237. The van der Waals surface area contributed by atoms with E-state index >= 15 is 0 Å². The maximum atomic E-state index is 12.0. The molecule has 2 N–H and O–H groups in total. The van der Waals surface area contributed by atoms with Crippen molar-refractivity contribution in [1.82, 2.24) is 15.2 Å². The number of hydrogen-bond acceptors (Lipinski definition) is 4. The maximum absolute atomic E-state index is 12.0. The molecule has 2 heterocycles. The van der Waals surface area contributed by atoms with Crippen molar-refractivity contribution in [3.63, 3.8) is 0 Å². The second kappa shape index (κ2) is 7.59. The van der Waals surface area contributed by atoms with Crippen molar-refractivity contribution in [1.29, 1.82) is 0 Å². The summed E-state index contributed by atoms with van der Waals surface area (Å²) in [6.45, 7) is 4.37. The molecule has 1 saturated heterocycles. The summed E-state index contributed by atoms with van der Waals surface area (Å²) in [6, 6.07) is -0.0181. The molecule has 0 saturated carbocycles. The van der Waals surface area contributed by atoms with Crippen LogP contribution < -0.4 is 5.32 Å². The number of urea groups is 1. The fourth-order valence-electron chi connectivity index (χ4n) is 2.41. The minimum atomic E-state index is -0.0181. The van der Waals surface area contributed by atoms with E-state index < -0.39 is 0 Å². The molecule has 1 aliphatic rings. The molecule has 0 radical (unpaired) electrons. The fraction of sp³-hybridized carbons (Fsp3) is 0.714. The number of carbonyl (C=O) groups is 1. The first-order chi connectivity index (χ1) is 9.72. The minimum absolute atomic E-state index is 0.0181. The van der Waals surface area contributed by atoms with Gasteiger partial charge in [0.1, 0.15) is 0 Å². The van der Waals surface area contributed by atoms with Crippen LogP contribution in [0.2, 0.25) is 0 Å². The van der Waals surface area contributed by atoms with Crippen LogP contribution >= 0.6 is 11.3 Å². The third-order valence-electron chi connectivity index (χ3n) is 3.63. The number of aromatic nitrogens is 1. The van der Waals surface area contributed by atoms with Crippen LogP contribution in [0, 0.1) is 5.92 Å². The van der Waals surface area contributed by atoms with E-state index in [-0.39, 0.29) is 18.6 Å². The Morgan fingerprint density at radius 1 is 1.65 bits per heavy atom. The van der Waals surface area contributed by atoms with Crippen LogP contribution in [-0.4, -0.2) is 47.3 Å². The predicted molar refractivity (Wildman–Crippen MR) is 80.0 cm³/mol. The number of nitrogens with zero attached hydrogens (tertiary/aromatic N) is 2. The molecule has 0 unspecified atom stereocenters. The van der Waals surface area contributed by atoms with Crippen LogP contribution in [0.15, 0.2) is 6.20 Å². The van der Waals surface area contributed by atoms with Crippen molar-refractivity contribution in [3.05, 3.63) is 16.1 Å². The largest absolute Gasteiger partial charge is 0.396 e. The summed E-state index contributed by atoms with van der Waals surface area (Å²) in [7, 11) is 0. The molecule has 1 aliphatic heterocycles. The summed E-state index contributed by atoms with van der Waals surface area (Å²) in [6.07, 6.45) is 5.70. The number of aliphatic hydroxyl groups is 1. The van der Waals surface area contributed by atoms with Crippen molar-refractivity contribution in [2.45, 2.75) is 32.6 Å². The molecule has 0 spiro atoms. The number of rotatable bonds is 5. The lowest BCUT2D eigenvalue weighted by Crippen LogP contribution is -2.46. The zero-order valence-corrected chi connectivity index (χ0v) is 12.8. The van der Waals surface area contributed by atoms with Gasteiger partial charge in [-0.1, -0.05) is 6.92 Å². The fourth-order valence-corrected chi connectivity index (χ4v) is 3.28. The molecule has 1 fully saturated rings. The molecule has 1 atom stereocenters. The third-order valence-corrected chi connectivity index (χ3v) is 4.83. The Morgan fingerprint density at radius 3 is 3.20 bits per heavy atom. The smallest absolute Gasteiger partial charge is 0.317 e. The Bertz CT molecular complexity index is 436. The lowest BCUT2D eigenvalue weighted by atomic mass is 9.99. The maximum Gasteiger partial charge on any atom is 0.317 e. The molecule has 0 aliphatic carbocycles. The van der Waals surface area contributed by atoms with Gasteiger partial charge in [0.25, 0.3) is 0 Å². The number of amides is 2. The highest BCUT2D eigenvalue weighted by Gasteiger charge is 2.22. The number of aryl methyl sites for hydroxylation is 1. The molecule has 2 rings (SSSR count). The monoisotopic (exact) mass is 297 g/mol. The number of hydrogen-bond donors (Lipinski definition) is 2. The number of nitrogens with one attached hydrogen (secondary N) is 1. The topological polar surface area (TPSA) is 65.5 Å². The zero-order chi connectivity index (χ0) is 14.4. The number of thiazole rings is 1. The number of carbonyl (C=O) groups excluding carboxylic acids is 1. The summed E-state index contributed by atoms with van der Waals surface area (Å²) in [4.78, 5) is 19.5. The van der Waals surface area contributed by atoms with Crippen molar-refractivity contribution < 1.29 is 9.90 Å². The first-order valence-corrected chi connectivity index (χ1v) is 8.11. The van der Waals surface area contributed by atoms with Gasteiger partial charge in [0.05, 0.1) is 5.01 Å². The summed E-state index contributed by atoms with van der Waals surface area (Å²) < 4.78 is 0. The van der Waals surface area contributed by atoms with Crippen LogP contribution in [0.4, 0.5) is 4.79 Å². The van der Waals surface area contributed by atoms with E-state index in [1.165, 1.54) is 4.88 Å². The van der Waals surface area contributed by atoms with Crippen molar-refractivity contribution in [2.75, 3.05) is 26.2 Å². The molecule has 0 bridgehead atoms. The molecule has 1 aromatic rings. The van der Waals surface area contributed by atoms with E-state index in [9.17, 15) is 9.90 Å². The van der Waals surface area contributed by atoms with Gasteiger partial charge >= 0.3 is 6.03 Å². The van der Waals surface area contributed by atoms with Crippen LogP contribution in [0.1, 0.15) is 29.7 Å². The van der Waals surface area contributed by atoms with Gasteiger partial charge in [0.15, 0.2) is 0 Å². The predicted octanol–water partition coefficient (Wildman–Crippen LogP) is 1.66. The molecule has 112 valence electrons. The lowest BCUT2D eigenvalue weighted by molar-refractivity contribution is 0.129. The SMILES string of the molecule is CCc1cnc(CCNC(=O)N2CCC[C@H](CO)C2)s1. The number of aliphatic hydroxyl groups excluding tert-OH is 1. The molecule has 1 aromatic heterocycles. The molecular weight excluding hydrogens is 274 g/mol. The van der Waals surface area contributed by atoms with Gasteiger partial charge in [-0.15, -0.1) is 11.3 Å². The van der Waals surface area contributed by atoms with Gasteiger partial charge in [0, 0.05) is 43.7 Å². The molecule has 20 heavy (non-hydrogen) atoms. The second-order valence-corrected chi connectivity index (χ2v) is 6.39. The van der Waals surface area contributed by atoms with E-state index in [1.54, 1.807) is 11.3 Å². The number of piperidine rings is 1. The summed E-state index contributed by atoms with van der Waals surface area (Å²) >= 11 is 1.72. The van der Waals surface area contributed by atoms with Gasteiger partial charge < -0.3 is 15.3 Å². The quantitative estimate of drug-likeness (QED) is 0.869. The van der Waals surface area contributed by atoms with Crippen LogP contribution in [0.3, 0.4) is 0 Å². The van der Waals surface area contributed by atoms with Crippen LogP contribution in [0.5, 0.6) is 0 Å². The Hall–Kier alpha value is -1.14. The first kappa shape index (κ1) is 15.3. The van der Waals surface area contributed by atoms with Crippen molar-refractivity contribution >= 4 is 17.4 Å². The summed E-state index contributed by atoms with van der Waals surface area (Å²) in [5, 5.41) is 13.2. The molecule has 0 aromatic carbocycles. The van der Waals surface area contributed by atoms with Gasteiger partial charge in [-0.05, 0) is 25.2 Å². The Balaban J connectivity index is 1.71. The Morgan fingerprint density at radius 2 is 2.50 bits per heavy atom. The second-order valence-electron chi connectivity index (χ2n) is 5.19. The summed E-state index contributed by atoms with van der Waals surface area (Å²) in [5.41, 5.74) is 0. The Kier molecular flexibility index (Phi) is 5.79. The third kappa shape index (κ3) is 4.18. The van der Waals surface area contributed by atoms with Crippen LogP contribution in [-0.2, 0) is 12.8 Å². The van der Waals surface area contributed by atoms with Gasteiger partial charge in [-0.3, -0.25) is 0 Å². The van der Waals surface area contributed by atoms with Gasteiger partial charge in [-0.25, -0.2) is 9.78 Å². The van der Waals surface area contributed by atoms with Gasteiger partial charge in [-0.2, -0.15) is 0 Å². The van der Waals surface area contributed by atoms with Crippen molar-refractivity contribution in [3.8, 4) is 0 Å². The molecule has 2 amide bonds. The van der Waals surface area contributed by atoms with E-state index in [2.05, 4.69) is 17.2 Å². The minimum Gasteiger partial charge on any atom is -0.396 e. The standard InChI is InChI=1S/C14H23N3O2S/c1-2-12-8-16-13(20-12)5-6-15-14(19)17-7-3-4-11(9-17)10-18/h8,11,18H,2-7,9-10H2,1H3,(H,15,19)/t11-/m0/s1. The van der Waals surface area contributed by atoms with E-state index in [1.807, 2.05) is 11.1 Å². The number of likely N-dealkylation sites (tertiary alicyclic amines) is 1. The van der Waals surface area contributed by atoms with Crippen molar-refractivity contribution in [2.24, 2.45) is 5.92 Å². The highest BCUT2D eigenvalue weighted by atomic mass is 32.1. The first-order valence-electron chi connectivity index (χ1n) is 7.30. The van der Waals surface area contributed by atoms with E-state index in [0.29, 0.717) is 13.1 Å². The average Bonchev–Trinajstić information content (AvgIpc) is 2.95. The Labute approximate surface area is 124 Å². The van der Waals surface area contributed by atoms with Crippen LogP contribution in [0.25, 0.3) is 0 Å². The highest BCUT2D eigenvalue weighted by Crippen LogP contribution is 2.16.